The van der Waals surface area contributed by atoms with Crippen molar-refractivity contribution < 1.29 is 0 Å². The van der Waals surface area contributed by atoms with Crippen LogP contribution in [0.2, 0.25) is 0 Å². The van der Waals surface area contributed by atoms with Crippen molar-refractivity contribution in [3.8, 4) is 0 Å². The fraction of sp³-hybridized carbons (Fsp3) is 0.769. The number of hydrogen-bond acceptors (Lipinski definition) is 2. The van der Waals surface area contributed by atoms with Crippen molar-refractivity contribution in [3.63, 3.8) is 0 Å². The lowest BCUT2D eigenvalue weighted by Crippen LogP contribution is -2.31. The molecule has 3 heteroatoms. The molecule has 16 heavy (non-hydrogen) atoms. The minimum Gasteiger partial charge on any atom is -0.312 e. The standard InChI is InChI=1S/C13H25N3/c1-4-6-13(7-5-2)14-8-9-16-11-12(3)10-15-16/h10-11,13-14H,4-9H2,1-3H3. The molecule has 0 aromatic carbocycles. The van der Waals surface area contributed by atoms with E-state index in [2.05, 4.69) is 37.4 Å². The van der Waals surface area contributed by atoms with E-state index < -0.39 is 0 Å². The van der Waals surface area contributed by atoms with Crippen LogP contribution < -0.4 is 5.32 Å². The molecule has 0 bridgehead atoms. The molecule has 0 saturated carbocycles. The van der Waals surface area contributed by atoms with Crippen molar-refractivity contribution >= 4 is 0 Å². The van der Waals surface area contributed by atoms with Gasteiger partial charge in [0.2, 0.25) is 0 Å². The molecular weight excluding hydrogens is 198 g/mol. The molecule has 0 aliphatic heterocycles. The van der Waals surface area contributed by atoms with Gasteiger partial charge in [-0.3, -0.25) is 4.68 Å². The maximum atomic E-state index is 4.28. The Balaban J connectivity index is 2.21. The first-order valence-corrected chi connectivity index (χ1v) is 6.48. The number of rotatable bonds is 8. The van der Waals surface area contributed by atoms with Gasteiger partial charge in [0.15, 0.2) is 0 Å². The summed E-state index contributed by atoms with van der Waals surface area (Å²) in [6.45, 7) is 8.57. The zero-order valence-electron chi connectivity index (χ0n) is 10.9. The molecule has 0 saturated heterocycles. The molecule has 3 nitrogen and oxygen atoms in total. The summed E-state index contributed by atoms with van der Waals surface area (Å²) >= 11 is 0. The SMILES string of the molecule is CCCC(CCC)NCCn1cc(C)cn1. The van der Waals surface area contributed by atoms with Crippen LogP contribution in [0.4, 0.5) is 0 Å². The van der Waals surface area contributed by atoms with Crippen molar-refractivity contribution in [2.45, 2.75) is 59.0 Å². The van der Waals surface area contributed by atoms with Crippen LogP contribution in [0.5, 0.6) is 0 Å². The molecule has 0 unspecified atom stereocenters. The monoisotopic (exact) mass is 223 g/mol. The highest BCUT2D eigenvalue weighted by Crippen LogP contribution is 2.04. The molecule has 0 aliphatic rings. The molecule has 1 aromatic rings. The highest BCUT2D eigenvalue weighted by atomic mass is 15.3. The quantitative estimate of drug-likeness (QED) is 0.734. The minimum atomic E-state index is 0.687. The predicted molar refractivity (Wildman–Crippen MR) is 68.6 cm³/mol. The lowest BCUT2D eigenvalue weighted by Gasteiger charge is -2.17. The van der Waals surface area contributed by atoms with Gasteiger partial charge < -0.3 is 5.32 Å². The van der Waals surface area contributed by atoms with E-state index >= 15 is 0 Å². The van der Waals surface area contributed by atoms with E-state index in [1.165, 1.54) is 31.2 Å². The van der Waals surface area contributed by atoms with Crippen molar-refractivity contribution in [2.75, 3.05) is 6.54 Å². The first kappa shape index (κ1) is 13.2. The largest absolute Gasteiger partial charge is 0.312 e. The summed E-state index contributed by atoms with van der Waals surface area (Å²) in [5.41, 5.74) is 1.23. The average Bonchev–Trinajstić information content (AvgIpc) is 2.65. The van der Waals surface area contributed by atoms with Crippen LogP contribution in [0.25, 0.3) is 0 Å². The fourth-order valence-corrected chi connectivity index (χ4v) is 2.02. The summed E-state index contributed by atoms with van der Waals surface area (Å²) in [5.74, 6) is 0. The first-order valence-electron chi connectivity index (χ1n) is 6.48. The van der Waals surface area contributed by atoms with E-state index in [1.807, 2.05) is 10.9 Å². The topological polar surface area (TPSA) is 29.9 Å². The smallest absolute Gasteiger partial charge is 0.0534 e. The minimum absolute atomic E-state index is 0.687. The fourth-order valence-electron chi connectivity index (χ4n) is 2.02. The zero-order chi connectivity index (χ0) is 11.8. The van der Waals surface area contributed by atoms with Gasteiger partial charge in [0.1, 0.15) is 0 Å². The maximum Gasteiger partial charge on any atom is 0.0534 e. The van der Waals surface area contributed by atoms with Gasteiger partial charge in [-0.25, -0.2) is 0 Å². The van der Waals surface area contributed by atoms with Crippen molar-refractivity contribution in [3.05, 3.63) is 18.0 Å². The van der Waals surface area contributed by atoms with E-state index in [9.17, 15) is 0 Å². The Hall–Kier alpha value is -0.830. The maximum absolute atomic E-state index is 4.28. The summed E-state index contributed by atoms with van der Waals surface area (Å²) in [6, 6.07) is 0.687. The van der Waals surface area contributed by atoms with Crippen LogP contribution in [-0.4, -0.2) is 22.4 Å². The second-order valence-corrected chi connectivity index (χ2v) is 4.51. The Labute approximate surface area is 99.2 Å². The van der Waals surface area contributed by atoms with E-state index in [1.54, 1.807) is 0 Å². The highest BCUT2D eigenvalue weighted by Gasteiger charge is 2.04. The Kier molecular flexibility index (Phi) is 6.16. The molecule has 0 radical (unpaired) electrons. The Bertz CT molecular complexity index is 274. The molecule has 1 rings (SSSR count). The summed E-state index contributed by atoms with van der Waals surface area (Å²) in [7, 11) is 0. The molecule has 0 fully saturated rings. The summed E-state index contributed by atoms with van der Waals surface area (Å²) in [5, 5.41) is 7.90. The first-order chi connectivity index (χ1) is 7.76. The molecule has 1 heterocycles. The number of nitrogens with zero attached hydrogens (tertiary/aromatic N) is 2. The zero-order valence-corrected chi connectivity index (χ0v) is 10.9. The van der Waals surface area contributed by atoms with Crippen LogP contribution >= 0.6 is 0 Å². The number of nitrogens with one attached hydrogen (secondary N) is 1. The van der Waals surface area contributed by atoms with Gasteiger partial charge in [-0.15, -0.1) is 0 Å². The highest BCUT2D eigenvalue weighted by molar-refractivity contribution is 4.99. The van der Waals surface area contributed by atoms with Crippen molar-refractivity contribution in [1.29, 1.82) is 0 Å². The van der Waals surface area contributed by atoms with E-state index in [4.69, 9.17) is 0 Å². The van der Waals surface area contributed by atoms with Crippen LogP contribution in [0.1, 0.15) is 45.1 Å². The van der Waals surface area contributed by atoms with Gasteiger partial charge in [0, 0.05) is 18.8 Å². The molecular formula is C13H25N3. The Morgan fingerprint density at radius 1 is 1.31 bits per heavy atom. The van der Waals surface area contributed by atoms with Gasteiger partial charge in [-0.05, 0) is 25.3 Å². The van der Waals surface area contributed by atoms with Crippen molar-refractivity contribution in [2.24, 2.45) is 0 Å². The van der Waals surface area contributed by atoms with Crippen LogP contribution in [0.3, 0.4) is 0 Å². The third-order valence-electron chi connectivity index (χ3n) is 2.81. The van der Waals surface area contributed by atoms with E-state index in [-0.39, 0.29) is 0 Å². The Morgan fingerprint density at radius 2 is 2.00 bits per heavy atom. The normalized spacial score (nSPS) is 11.2. The van der Waals surface area contributed by atoms with Gasteiger partial charge in [-0.1, -0.05) is 26.7 Å². The summed E-state index contributed by atoms with van der Waals surface area (Å²) < 4.78 is 2.01. The number of aromatic nitrogens is 2. The van der Waals surface area contributed by atoms with E-state index in [0.717, 1.165) is 13.1 Å². The van der Waals surface area contributed by atoms with Gasteiger partial charge >= 0.3 is 0 Å². The second-order valence-electron chi connectivity index (χ2n) is 4.51. The molecule has 0 amide bonds. The average molecular weight is 223 g/mol. The predicted octanol–water partition coefficient (Wildman–Crippen LogP) is 2.75. The molecule has 1 aromatic heterocycles. The molecule has 0 aliphatic carbocycles. The van der Waals surface area contributed by atoms with E-state index in [0.29, 0.717) is 6.04 Å². The second kappa shape index (κ2) is 7.44. The molecule has 0 atom stereocenters. The van der Waals surface area contributed by atoms with Crippen LogP contribution in [0.15, 0.2) is 12.4 Å². The van der Waals surface area contributed by atoms with Gasteiger partial charge in [-0.2, -0.15) is 5.10 Å². The summed E-state index contributed by atoms with van der Waals surface area (Å²) in [4.78, 5) is 0. The molecule has 0 spiro atoms. The number of aryl methyl sites for hydroxylation is 1. The lowest BCUT2D eigenvalue weighted by atomic mass is 10.1. The van der Waals surface area contributed by atoms with Crippen LogP contribution in [0, 0.1) is 6.92 Å². The van der Waals surface area contributed by atoms with Gasteiger partial charge in [0.05, 0.1) is 12.7 Å². The van der Waals surface area contributed by atoms with Crippen molar-refractivity contribution in [1.82, 2.24) is 15.1 Å². The van der Waals surface area contributed by atoms with Gasteiger partial charge in [0.25, 0.3) is 0 Å². The molecule has 92 valence electrons. The number of hydrogen-bond donors (Lipinski definition) is 1. The summed E-state index contributed by atoms with van der Waals surface area (Å²) in [6.07, 6.45) is 9.10. The lowest BCUT2D eigenvalue weighted by molar-refractivity contribution is 0.424. The van der Waals surface area contributed by atoms with Crippen LogP contribution in [-0.2, 0) is 6.54 Å². The Morgan fingerprint density at radius 3 is 2.50 bits per heavy atom. The third-order valence-corrected chi connectivity index (χ3v) is 2.81. The third kappa shape index (κ3) is 4.79. The molecule has 1 N–H and O–H groups in total.